The van der Waals surface area contributed by atoms with Gasteiger partial charge in [0, 0.05) is 5.39 Å². The number of aryl methyl sites for hydroxylation is 1. The summed E-state index contributed by atoms with van der Waals surface area (Å²) in [7, 11) is 0. The lowest BCUT2D eigenvalue weighted by molar-refractivity contribution is 0.623. The number of hydrogen-bond acceptors (Lipinski definition) is 4. The van der Waals surface area contributed by atoms with Crippen molar-refractivity contribution in [2.75, 3.05) is 5.73 Å². The zero-order valence-electron chi connectivity index (χ0n) is 11.2. The third-order valence-corrected chi connectivity index (χ3v) is 3.53. The van der Waals surface area contributed by atoms with Crippen LogP contribution in [0.25, 0.3) is 22.4 Å². The van der Waals surface area contributed by atoms with Gasteiger partial charge in [0.15, 0.2) is 5.76 Å². The van der Waals surface area contributed by atoms with E-state index in [0.717, 1.165) is 39.1 Å². The van der Waals surface area contributed by atoms with Gasteiger partial charge in [-0.25, -0.2) is 0 Å². The second kappa shape index (κ2) is 4.09. The molecule has 96 valence electrons. The van der Waals surface area contributed by atoms with Crippen molar-refractivity contribution in [1.82, 2.24) is 10.2 Å². The third kappa shape index (κ3) is 1.76. The number of furan rings is 1. The third-order valence-electron chi connectivity index (χ3n) is 3.53. The monoisotopic (exact) mass is 253 g/mol. The summed E-state index contributed by atoms with van der Waals surface area (Å²) in [5.74, 6) is 1.20. The fourth-order valence-electron chi connectivity index (χ4n) is 2.18. The first kappa shape index (κ1) is 11.7. The lowest BCUT2D eigenvalue weighted by Crippen LogP contribution is -2.01. The van der Waals surface area contributed by atoms with Crippen LogP contribution in [0.5, 0.6) is 0 Å². The summed E-state index contributed by atoms with van der Waals surface area (Å²) in [6.45, 7) is 5.95. The molecule has 2 heterocycles. The molecule has 0 atom stereocenters. The Hall–Kier alpha value is -2.36. The van der Waals surface area contributed by atoms with Crippen molar-refractivity contribution in [3.8, 4) is 11.5 Å². The van der Waals surface area contributed by atoms with Crippen molar-refractivity contribution in [2.45, 2.75) is 20.8 Å². The van der Waals surface area contributed by atoms with Gasteiger partial charge in [-0.15, -0.1) is 10.2 Å². The second-order valence-corrected chi connectivity index (χ2v) is 4.79. The van der Waals surface area contributed by atoms with E-state index in [2.05, 4.69) is 10.2 Å². The van der Waals surface area contributed by atoms with Gasteiger partial charge in [0.25, 0.3) is 0 Å². The molecule has 3 aromatic rings. The first-order chi connectivity index (χ1) is 9.08. The van der Waals surface area contributed by atoms with Crippen LogP contribution in [0.3, 0.4) is 0 Å². The molecule has 3 rings (SSSR count). The highest BCUT2D eigenvalue weighted by Crippen LogP contribution is 2.31. The lowest BCUT2D eigenvalue weighted by atomic mass is 10.1. The fraction of sp³-hybridized carbons (Fsp3) is 0.200. The summed E-state index contributed by atoms with van der Waals surface area (Å²) >= 11 is 0. The summed E-state index contributed by atoms with van der Waals surface area (Å²) in [5.41, 5.74) is 10.5. The average Bonchev–Trinajstić information content (AvgIpc) is 2.81. The molecule has 0 fully saturated rings. The van der Waals surface area contributed by atoms with Crippen LogP contribution in [0, 0.1) is 20.8 Å². The summed E-state index contributed by atoms with van der Waals surface area (Å²) < 4.78 is 5.92. The highest BCUT2D eigenvalue weighted by atomic mass is 16.3. The molecule has 4 heteroatoms. The maximum atomic E-state index is 5.92. The molecule has 0 saturated carbocycles. The lowest BCUT2D eigenvalue weighted by Gasteiger charge is -2.05. The number of benzene rings is 1. The molecule has 0 radical (unpaired) electrons. The number of hydrogen-bond donors (Lipinski definition) is 1. The molecule has 19 heavy (non-hydrogen) atoms. The zero-order valence-corrected chi connectivity index (χ0v) is 11.2. The standard InChI is InChI=1S/C15H15N3O/c1-8-5-4-6-11-7-12(19-14(8)11)13-9(2)10(3)15(16)18-17-13/h4-7H,1-3H3,(H2,16,18). The van der Waals surface area contributed by atoms with Crippen molar-refractivity contribution < 1.29 is 4.42 Å². The SMILES string of the molecule is Cc1c(N)nnc(-c2cc3cccc(C)c3o2)c1C. The molecule has 0 aliphatic heterocycles. The number of aromatic nitrogens is 2. The van der Waals surface area contributed by atoms with E-state index >= 15 is 0 Å². The number of rotatable bonds is 1. The molecule has 2 N–H and O–H groups in total. The summed E-state index contributed by atoms with van der Waals surface area (Å²) in [6, 6.07) is 8.07. The topological polar surface area (TPSA) is 64.9 Å². The van der Waals surface area contributed by atoms with Gasteiger partial charge in [0.2, 0.25) is 0 Å². The van der Waals surface area contributed by atoms with Gasteiger partial charge >= 0.3 is 0 Å². The van der Waals surface area contributed by atoms with Gasteiger partial charge in [0.1, 0.15) is 17.1 Å². The van der Waals surface area contributed by atoms with Crippen LogP contribution in [-0.2, 0) is 0 Å². The van der Waals surface area contributed by atoms with Crippen molar-refractivity contribution in [3.05, 3.63) is 41.0 Å². The summed E-state index contributed by atoms with van der Waals surface area (Å²) in [4.78, 5) is 0. The Morgan fingerprint density at radius 2 is 1.84 bits per heavy atom. The van der Waals surface area contributed by atoms with Gasteiger partial charge in [-0.05, 0) is 43.5 Å². The smallest absolute Gasteiger partial charge is 0.155 e. The quantitative estimate of drug-likeness (QED) is 0.721. The second-order valence-electron chi connectivity index (χ2n) is 4.79. The first-order valence-electron chi connectivity index (χ1n) is 6.17. The minimum atomic E-state index is 0.466. The van der Waals surface area contributed by atoms with Gasteiger partial charge in [-0.2, -0.15) is 0 Å². The molecular formula is C15H15N3O. The van der Waals surface area contributed by atoms with Crippen molar-refractivity contribution in [3.63, 3.8) is 0 Å². The van der Waals surface area contributed by atoms with Gasteiger partial charge in [0.05, 0.1) is 0 Å². The van der Waals surface area contributed by atoms with Crippen molar-refractivity contribution in [1.29, 1.82) is 0 Å². The maximum absolute atomic E-state index is 5.92. The highest BCUT2D eigenvalue weighted by molar-refractivity contribution is 5.85. The molecule has 4 nitrogen and oxygen atoms in total. The molecule has 0 unspecified atom stereocenters. The van der Waals surface area contributed by atoms with Crippen LogP contribution in [0.15, 0.2) is 28.7 Å². The van der Waals surface area contributed by atoms with Crippen LogP contribution >= 0.6 is 0 Å². The predicted octanol–water partition coefficient (Wildman–Crippen LogP) is 3.40. The van der Waals surface area contributed by atoms with E-state index in [-0.39, 0.29) is 0 Å². The van der Waals surface area contributed by atoms with E-state index < -0.39 is 0 Å². The number of anilines is 1. The minimum absolute atomic E-state index is 0.466. The van der Waals surface area contributed by atoms with Crippen LogP contribution in [-0.4, -0.2) is 10.2 Å². The van der Waals surface area contributed by atoms with E-state index in [1.54, 1.807) is 0 Å². The molecule has 0 saturated heterocycles. The number of nitrogens with zero attached hydrogens (tertiary/aromatic N) is 2. The average molecular weight is 253 g/mol. The van der Waals surface area contributed by atoms with Crippen LogP contribution < -0.4 is 5.73 Å². The van der Waals surface area contributed by atoms with Gasteiger partial charge < -0.3 is 10.2 Å². The molecule has 0 spiro atoms. The first-order valence-corrected chi connectivity index (χ1v) is 6.17. The minimum Gasteiger partial charge on any atom is -0.454 e. The van der Waals surface area contributed by atoms with E-state index in [1.165, 1.54) is 0 Å². The number of fused-ring (bicyclic) bond motifs is 1. The summed E-state index contributed by atoms with van der Waals surface area (Å²) in [5, 5.41) is 9.22. The van der Waals surface area contributed by atoms with Crippen LogP contribution in [0.4, 0.5) is 5.82 Å². The number of nitrogen functional groups attached to an aromatic ring is 1. The largest absolute Gasteiger partial charge is 0.454 e. The normalized spacial score (nSPS) is 11.1. The van der Waals surface area contributed by atoms with Crippen LogP contribution in [0.1, 0.15) is 16.7 Å². The molecular weight excluding hydrogens is 238 g/mol. The van der Waals surface area contributed by atoms with Gasteiger partial charge in [-0.1, -0.05) is 18.2 Å². The maximum Gasteiger partial charge on any atom is 0.155 e. The van der Waals surface area contributed by atoms with Crippen molar-refractivity contribution >= 4 is 16.8 Å². The Balaban J connectivity index is 2.25. The molecule has 1 aromatic carbocycles. The fourth-order valence-corrected chi connectivity index (χ4v) is 2.18. The Morgan fingerprint density at radius 1 is 1.05 bits per heavy atom. The molecule has 0 aliphatic carbocycles. The van der Waals surface area contributed by atoms with E-state index in [1.807, 2.05) is 45.0 Å². The molecule has 0 bridgehead atoms. The number of nitrogens with two attached hydrogens (primary N) is 1. The van der Waals surface area contributed by atoms with E-state index in [4.69, 9.17) is 10.2 Å². The molecule has 0 aliphatic rings. The van der Waals surface area contributed by atoms with Gasteiger partial charge in [-0.3, -0.25) is 0 Å². The summed E-state index contributed by atoms with van der Waals surface area (Å²) in [6.07, 6.45) is 0. The zero-order chi connectivity index (χ0) is 13.6. The highest BCUT2D eigenvalue weighted by Gasteiger charge is 2.14. The van der Waals surface area contributed by atoms with E-state index in [0.29, 0.717) is 5.82 Å². The van der Waals surface area contributed by atoms with Crippen molar-refractivity contribution in [2.24, 2.45) is 0 Å². The predicted molar refractivity (Wildman–Crippen MR) is 75.9 cm³/mol. The Morgan fingerprint density at radius 3 is 2.58 bits per heavy atom. The van der Waals surface area contributed by atoms with Crippen LogP contribution in [0.2, 0.25) is 0 Å². The Labute approximate surface area is 111 Å². The Kier molecular flexibility index (Phi) is 2.52. The Bertz CT molecular complexity index is 774. The molecule has 0 amide bonds. The van der Waals surface area contributed by atoms with E-state index in [9.17, 15) is 0 Å². The number of para-hydroxylation sites is 1. The molecule has 2 aromatic heterocycles.